The molecule has 0 saturated carbocycles. The molecular weight excluding hydrogens is 352 g/mol. The number of ether oxygens (including phenoxy) is 2. The average molecular weight is 383 g/mol. The van der Waals surface area contributed by atoms with Crippen LogP contribution in [0.2, 0.25) is 0 Å². The SMILES string of the molecule is CCNC(=NCc1cccc(COC2CCOCC2)c1)NCc1ccccn1. The van der Waals surface area contributed by atoms with Crippen LogP contribution in [0, 0.1) is 0 Å². The highest BCUT2D eigenvalue weighted by Gasteiger charge is 2.14. The summed E-state index contributed by atoms with van der Waals surface area (Å²) in [6.07, 6.45) is 4.08. The Kier molecular flexibility index (Phi) is 8.27. The molecule has 1 aliphatic heterocycles. The Bertz CT molecular complexity index is 730. The zero-order valence-corrected chi connectivity index (χ0v) is 16.6. The molecule has 1 aliphatic rings. The number of aliphatic imine (C=N–C) groups is 1. The van der Waals surface area contributed by atoms with Crippen LogP contribution in [0.3, 0.4) is 0 Å². The minimum absolute atomic E-state index is 0.312. The molecule has 0 atom stereocenters. The maximum absolute atomic E-state index is 6.03. The third-order valence-corrected chi connectivity index (χ3v) is 4.57. The molecule has 0 spiro atoms. The summed E-state index contributed by atoms with van der Waals surface area (Å²) in [5.74, 6) is 0.789. The van der Waals surface area contributed by atoms with Crippen molar-refractivity contribution in [2.75, 3.05) is 19.8 Å². The van der Waals surface area contributed by atoms with Crippen molar-refractivity contribution >= 4 is 5.96 Å². The molecule has 6 nitrogen and oxygen atoms in total. The Labute approximate surface area is 167 Å². The second-order valence-electron chi connectivity index (χ2n) is 6.81. The molecule has 1 aromatic carbocycles. The second-order valence-corrected chi connectivity index (χ2v) is 6.81. The van der Waals surface area contributed by atoms with Gasteiger partial charge in [0.2, 0.25) is 0 Å². The number of benzene rings is 1. The monoisotopic (exact) mass is 382 g/mol. The van der Waals surface area contributed by atoms with Gasteiger partial charge in [0.15, 0.2) is 5.96 Å². The van der Waals surface area contributed by atoms with E-state index < -0.39 is 0 Å². The van der Waals surface area contributed by atoms with Gasteiger partial charge >= 0.3 is 0 Å². The van der Waals surface area contributed by atoms with Crippen LogP contribution in [0.1, 0.15) is 36.6 Å². The average Bonchev–Trinajstić information content (AvgIpc) is 2.76. The van der Waals surface area contributed by atoms with E-state index in [4.69, 9.17) is 14.5 Å². The van der Waals surface area contributed by atoms with Gasteiger partial charge in [0.1, 0.15) is 0 Å². The lowest BCUT2D eigenvalue weighted by molar-refractivity contribution is -0.0390. The van der Waals surface area contributed by atoms with E-state index in [1.807, 2.05) is 18.2 Å². The predicted molar refractivity (Wildman–Crippen MR) is 111 cm³/mol. The molecular formula is C22H30N4O2. The molecule has 1 saturated heterocycles. The van der Waals surface area contributed by atoms with Crippen molar-refractivity contribution in [3.05, 3.63) is 65.5 Å². The van der Waals surface area contributed by atoms with Gasteiger partial charge in [-0.3, -0.25) is 4.98 Å². The molecule has 0 bridgehead atoms. The fourth-order valence-electron chi connectivity index (χ4n) is 3.06. The van der Waals surface area contributed by atoms with Gasteiger partial charge in [-0.05, 0) is 43.0 Å². The number of guanidine groups is 1. The van der Waals surface area contributed by atoms with E-state index in [2.05, 4.69) is 46.8 Å². The molecule has 0 aliphatic carbocycles. The molecule has 28 heavy (non-hydrogen) atoms. The van der Waals surface area contributed by atoms with E-state index in [0.717, 1.165) is 44.3 Å². The summed E-state index contributed by atoms with van der Waals surface area (Å²) in [7, 11) is 0. The first-order valence-electron chi connectivity index (χ1n) is 10.0. The zero-order chi connectivity index (χ0) is 19.4. The summed E-state index contributed by atoms with van der Waals surface area (Å²) in [4.78, 5) is 9.03. The van der Waals surface area contributed by atoms with Crippen molar-refractivity contribution in [2.24, 2.45) is 4.99 Å². The maximum atomic E-state index is 6.03. The van der Waals surface area contributed by atoms with Crippen molar-refractivity contribution in [2.45, 2.75) is 45.6 Å². The Morgan fingerprint density at radius 1 is 1.14 bits per heavy atom. The summed E-state index contributed by atoms with van der Waals surface area (Å²) in [5, 5.41) is 6.61. The molecule has 0 amide bonds. The Morgan fingerprint density at radius 2 is 2.00 bits per heavy atom. The largest absolute Gasteiger partial charge is 0.381 e. The van der Waals surface area contributed by atoms with E-state index in [1.54, 1.807) is 6.20 Å². The number of pyridine rings is 1. The highest BCUT2D eigenvalue weighted by molar-refractivity contribution is 5.79. The quantitative estimate of drug-likeness (QED) is 0.543. The number of hydrogen-bond donors (Lipinski definition) is 2. The molecule has 1 fully saturated rings. The van der Waals surface area contributed by atoms with E-state index >= 15 is 0 Å². The van der Waals surface area contributed by atoms with E-state index in [9.17, 15) is 0 Å². The molecule has 6 heteroatoms. The van der Waals surface area contributed by atoms with Gasteiger partial charge in [-0.2, -0.15) is 0 Å². The van der Waals surface area contributed by atoms with Crippen LogP contribution in [0.25, 0.3) is 0 Å². The van der Waals surface area contributed by atoms with E-state index in [1.165, 1.54) is 11.1 Å². The number of nitrogens with zero attached hydrogens (tertiary/aromatic N) is 2. The molecule has 2 aromatic rings. The second kappa shape index (κ2) is 11.4. The summed E-state index contributed by atoms with van der Waals surface area (Å²) in [6, 6.07) is 14.4. The first-order chi connectivity index (χ1) is 13.8. The normalized spacial score (nSPS) is 15.4. The van der Waals surface area contributed by atoms with Crippen molar-refractivity contribution in [3.8, 4) is 0 Å². The van der Waals surface area contributed by atoms with E-state index in [-0.39, 0.29) is 0 Å². The molecule has 0 unspecified atom stereocenters. The molecule has 150 valence electrons. The van der Waals surface area contributed by atoms with Crippen LogP contribution >= 0.6 is 0 Å². The number of aromatic nitrogens is 1. The first kappa shape index (κ1) is 20.3. The molecule has 2 N–H and O–H groups in total. The van der Waals surface area contributed by atoms with Gasteiger partial charge in [0, 0.05) is 26.0 Å². The number of hydrogen-bond acceptors (Lipinski definition) is 4. The zero-order valence-electron chi connectivity index (χ0n) is 16.6. The third-order valence-electron chi connectivity index (χ3n) is 4.57. The highest BCUT2D eigenvalue weighted by Crippen LogP contribution is 2.14. The van der Waals surface area contributed by atoms with Gasteiger partial charge in [0.25, 0.3) is 0 Å². The molecule has 0 radical (unpaired) electrons. The fourth-order valence-corrected chi connectivity index (χ4v) is 3.06. The Balaban J connectivity index is 1.52. The molecule has 3 rings (SSSR count). The summed E-state index contributed by atoms with van der Waals surface area (Å²) in [5.41, 5.74) is 3.34. The van der Waals surface area contributed by atoms with Crippen LogP contribution in [0.4, 0.5) is 0 Å². The van der Waals surface area contributed by atoms with Crippen LogP contribution in [-0.4, -0.2) is 36.8 Å². The van der Waals surface area contributed by atoms with Crippen molar-refractivity contribution < 1.29 is 9.47 Å². The summed E-state index contributed by atoms with van der Waals surface area (Å²) < 4.78 is 11.4. The molecule has 2 heterocycles. The minimum atomic E-state index is 0.312. The van der Waals surface area contributed by atoms with Crippen LogP contribution < -0.4 is 10.6 Å². The van der Waals surface area contributed by atoms with Gasteiger partial charge in [-0.15, -0.1) is 0 Å². The smallest absolute Gasteiger partial charge is 0.191 e. The standard InChI is InChI=1S/C22H30N4O2/c1-2-23-22(26-16-20-8-3-4-11-24-20)25-15-18-6-5-7-19(14-18)17-28-21-9-12-27-13-10-21/h3-8,11,14,21H,2,9-10,12-13,15-17H2,1H3,(H2,23,25,26). The van der Waals surface area contributed by atoms with E-state index in [0.29, 0.717) is 25.8 Å². The van der Waals surface area contributed by atoms with Crippen LogP contribution in [-0.2, 0) is 29.2 Å². The first-order valence-corrected chi connectivity index (χ1v) is 10.0. The van der Waals surface area contributed by atoms with Crippen molar-refractivity contribution in [3.63, 3.8) is 0 Å². The summed E-state index contributed by atoms with van der Waals surface area (Å²) >= 11 is 0. The maximum Gasteiger partial charge on any atom is 0.191 e. The topological polar surface area (TPSA) is 67.8 Å². The predicted octanol–water partition coefficient (Wildman–Crippen LogP) is 3.03. The lowest BCUT2D eigenvalue weighted by Gasteiger charge is -2.22. The van der Waals surface area contributed by atoms with Gasteiger partial charge in [-0.1, -0.05) is 30.3 Å². The third kappa shape index (κ3) is 6.94. The Hall–Kier alpha value is -2.44. The van der Waals surface area contributed by atoms with Crippen molar-refractivity contribution in [1.29, 1.82) is 0 Å². The van der Waals surface area contributed by atoms with Crippen molar-refractivity contribution in [1.82, 2.24) is 15.6 Å². The lowest BCUT2D eigenvalue weighted by Crippen LogP contribution is -2.37. The molecule has 1 aromatic heterocycles. The minimum Gasteiger partial charge on any atom is -0.381 e. The van der Waals surface area contributed by atoms with Crippen LogP contribution in [0.5, 0.6) is 0 Å². The van der Waals surface area contributed by atoms with Gasteiger partial charge < -0.3 is 20.1 Å². The number of nitrogens with one attached hydrogen (secondary N) is 2. The highest BCUT2D eigenvalue weighted by atomic mass is 16.5. The number of rotatable bonds is 8. The van der Waals surface area contributed by atoms with Crippen LogP contribution in [0.15, 0.2) is 53.7 Å². The van der Waals surface area contributed by atoms with Gasteiger partial charge in [-0.25, -0.2) is 4.99 Å². The van der Waals surface area contributed by atoms with Gasteiger partial charge in [0.05, 0.1) is 31.5 Å². The Morgan fingerprint density at radius 3 is 2.79 bits per heavy atom. The fraction of sp³-hybridized carbons (Fsp3) is 0.455. The summed E-state index contributed by atoms with van der Waals surface area (Å²) in [6.45, 7) is 6.38. The lowest BCUT2D eigenvalue weighted by atomic mass is 10.1.